The Labute approximate surface area is 121 Å². The first-order chi connectivity index (χ1) is 9.76. The van der Waals surface area contributed by atoms with Crippen molar-refractivity contribution in [2.45, 2.75) is 25.7 Å². The van der Waals surface area contributed by atoms with Gasteiger partial charge in [0.15, 0.2) is 5.13 Å². The molecule has 0 bridgehead atoms. The Morgan fingerprint density at radius 2 is 2.20 bits per heavy atom. The molecule has 2 N–H and O–H groups in total. The van der Waals surface area contributed by atoms with E-state index >= 15 is 0 Å². The lowest BCUT2D eigenvalue weighted by atomic mass is 10.0. The van der Waals surface area contributed by atoms with E-state index in [2.05, 4.69) is 20.6 Å². The molecule has 0 unspecified atom stereocenters. The second kappa shape index (κ2) is 5.58. The zero-order chi connectivity index (χ0) is 13.9. The van der Waals surface area contributed by atoms with Gasteiger partial charge in [0, 0.05) is 23.8 Å². The fraction of sp³-hybridized carbons (Fsp3) is 0.357. The molecule has 0 atom stereocenters. The molecule has 2 aromatic heterocycles. The second-order valence-electron chi connectivity index (χ2n) is 4.73. The molecule has 0 aliphatic heterocycles. The van der Waals surface area contributed by atoms with E-state index in [1.165, 1.54) is 17.7 Å². The van der Waals surface area contributed by atoms with Crippen LogP contribution in [-0.2, 0) is 12.8 Å². The van der Waals surface area contributed by atoms with Gasteiger partial charge < -0.3 is 5.32 Å². The summed E-state index contributed by atoms with van der Waals surface area (Å²) in [6.45, 7) is 0. The van der Waals surface area contributed by atoms with E-state index in [0.29, 0.717) is 10.8 Å². The van der Waals surface area contributed by atoms with Crippen molar-refractivity contribution in [1.29, 1.82) is 0 Å². The minimum Gasteiger partial charge on any atom is -0.388 e. The zero-order valence-electron chi connectivity index (χ0n) is 11.3. The quantitative estimate of drug-likeness (QED) is 0.911. The molecule has 6 heteroatoms. The molecule has 1 aliphatic carbocycles. The maximum Gasteiger partial charge on any atom is 0.276 e. The zero-order valence-corrected chi connectivity index (χ0v) is 12.1. The number of carbonyl (C=O) groups excluding carboxylic acids is 1. The Kier molecular flexibility index (Phi) is 3.64. The SMILES string of the molecule is CNc1ccnc(C(=O)Nc2nc3c(s2)CCCC3)c1. The summed E-state index contributed by atoms with van der Waals surface area (Å²) in [6, 6.07) is 3.54. The average Bonchev–Trinajstić information content (AvgIpc) is 2.89. The molecule has 0 saturated carbocycles. The number of aryl methyl sites for hydroxylation is 2. The van der Waals surface area contributed by atoms with Crippen LogP contribution in [0.15, 0.2) is 18.3 Å². The summed E-state index contributed by atoms with van der Waals surface area (Å²) in [5, 5.41) is 6.52. The molecule has 104 valence electrons. The molecular formula is C14H16N4OS. The first kappa shape index (κ1) is 13.1. The summed E-state index contributed by atoms with van der Waals surface area (Å²) < 4.78 is 0. The number of fused-ring (bicyclic) bond motifs is 1. The highest BCUT2D eigenvalue weighted by molar-refractivity contribution is 7.15. The number of carbonyl (C=O) groups is 1. The summed E-state index contributed by atoms with van der Waals surface area (Å²) in [6.07, 6.45) is 6.13. The van der Waals surface area contributed by atoms with Gasteiger partial charge >= 0.3 is 0 Å². The Morgan fingerprint density at radius 1 is 1.35 bits per heavy atom. The minimum absolute atomic E-state index is 0.215. The number of rotatable bonds is 3. The summed E-state index contributed by atoms with van der Waals surface area (Å²) in [4.78, 5) is 22.1. The topological polar surface area (TPSA) is 66.9 Å². The largest absolute Gasteiger partial charge is 0.388 e. The molecule has 0 saturated heterocycles. The van der Waals surface area contributed by atoms with Crippen LogP contribution in [0.1, 0.15) is 33.9 Å². The van der Waals surface area contributed by atoms with Crippen LogP contribution in [0.25, 0.3) is 0 Å². The van der Waals surface area contributed by atoms with Crippen molar-refractivity contribution in [2.75, 3.05) is 17.7 Å². The first-order valence-corrected chi connectivity index (χ1v) is 7.51. The van der Waals surface area contributed by atoms with Gasteiger partial charge in [-0.25, -0.2) is 4.98 Å². The molecule has 2 heterocycles. The van der Waals surface area contributed by atoms with Gasteiger partial charge in [-0.2, -0.15) is 0 Å². The molecular weight excluding hydrogens is 272 g/mol. The van der Waals surface area contributed by atoms with Crippen LogP contribution in [0.4, 0.5) is 10.8 Å². The normalized spacial score (nSPS) is 13.7. The number of thiazole rings is 1. The lowest BCUT2D eigenvalue weighted by molar-refractivity contribution is 0.102. The van der Waals surface area contributed by atoms with E-state index in [-0.39, 0.29) is 5.91 Å². The van der Waals surface area contributed by atoms with Crippen molar-refractivity contribution in [1.82, 2.24) is 9.97 Å². The summed E-state index contributed by atoms with van der Waals surface area (Å²) in [5.41, 5.74) is 2.40. The molecule has 0 spiro atoms. The van der Waals surface area contributed by atoms with Gasteiger partial charge in [-0.3, -0.25) is 15.1 Å². The van der Waals surface area contributed by atoms with E-state index < -0.39 is 0 Å². The first-order valence-electron chi connectivity index (χ1n) is 6.70. The van der Waals surface area contributed by atoms with Gasteiger partial charge in [-0.1, -0.05) is 0 Å². The van der Waals surface area contributed by atoms with E-state index in [4.69, 9.17) is 0 Å². The number of anilines is 2. The van der Waals surface area contributed by atoms with Crippen LogP contribution >= 0.6 is 11.3 Å². The fourth-order valence-electron chi connectivity index (χ4n) is 2.28. The third-order valence-electron chi connectivity index (χ3n) is 3.35. The number of nitrogens with zero attached hydrogens (tertiary/aromatic N) is 2. The summed E-state index contributed by atoms with van der Waals surface area (Å²) in [7, 11) is 1.81. The molecule has 5 nitrogen and oxygen atoms in total. The number of hydrogen-bond donors (Lipinski definition) is 2. The van der Waals surface area contributed by atoms with E-state index in [9.17, 15) is 4.79 Å². The van der Waals surface area contributed by atoms with Crippen molar-refractivity contribution in [3.8, 4) is 0 Å². The van der Waals surface area contributed by atoms with E-state index in [1.807, 2.05) is 13.1 Å². The lowest BCUT2D eigenvalue weighted by Gasteiger charge is -2.06. The predicted molar refractivity (Wildman–Crippen MR) is 80.5 cm³/mol. The Morgan fingerprint density at radius 3 is 3.00 bits per heavy atom. The Bertz CT molecular complexity index is 614. The molecule has 20 heavy (non-hydrogen) atoms. The summed E-state index contributed by atoms with van der Waals surface area (Å²) >= 11 is 1.58. The van der Waals surface area contributed by atoms with Crippen LogP contribution in [-0.4, -0.2) is 22.9 Å². The van der Waals surface area contributed by atoms with Gasteiger partial charge in [-0.15, -0.1) is 11.3 Å². The Hall–Kier alpha value is -1.95. The third kappa shape index (κ3) is 2.65. The number of pyridine rings is 1. The number of aromatic nitrogens is 2. The van der Waals surface area contributed by atoms with Gasteiger partial charge in [0.2, 0.25) is 0 Å². The van der Waals surface area contributed by atoms with Crippen LogP contribution in [0.5, 0.6) is 0 Å². The van der Waals surface area contributed by atoms with E-state index in [1.54, 1.807) is 23.6 Å². The second-order valence-corrected chi connectivity index (χ2v) is 5.81. The van der Waals surface area contributed by atoms with Crippen molar-refractivity contribution in [3.63, 3.8) is 0 Å². The van der Waals surface area contributed by atoms with Gasteiger partial charge in [-0.05, 0) is 37.8 Å². The van der Waals surface area contributed by atoms with Crippen LogP contribution in [0, 0.1) is 0 Å². The highest BCUT2D eigenvalue weighted by atomic mass is 32.1. The highest BCUT2D eigenvalue weighted by Crippen LogP contribution is 2.29. The molecule has 0 aromatic carbocycles. The summed E-state index contributed by atoms with van der Waals surface area (Å²) in [5.74, 6) is -0.215. The molecule has 0 radical (unpaired) electrons. The van der Waals surface area contributed by atoms with Crippen molar-refractivity contribution < 1.29 is 4.79 Å². The van der Waals surface area contributed by atoms with Crippen LogP contribution < -0.4 is 10.6 Å². The van der Waals surface area contributed by atoms with Crippen LogP contribution in [0.3, 0.4) is 0 Å². The minimum atomic E-state index is -0.215. The van der Waals surface area contributed by atoms with E-state index in [0.717, 1.165) is 24.2 Å². The monoisotopic (exact) mass is 288 g/mol. The van der Waals surface area contributed by atoms with Gasteiger partial charge in [0.05, 0.1) is 5.69 Å². The standard InChI is InChI=1S/C14H16N4OS/c1-15-9-6-7-16-11(8-9)13(19)18-14-17-10-4-2-3-5-12(10)20-14/h6-8H,2-5H2,1H3,(H,15,16)(H,17,18,19). The fourth-order valence-corrected chi connectivity index (χ4v) is 3.32. The predicted octanol–water partition coefficient (Wildman–Crippen LogP) is 2.71. The number of amides is 1. The molecule has 1 aliphatic rings. The maximum absolute atomic E-state index is 12.2. The average molecular weight is 288 g/mol. The van der Waals surface area contributed by atoms with Crippen molar-refractivity contribution >= 4 is 28.1 Å². The smallest absolute Gasteiger partial charge is 0.276 e. The van der Waals surface area contributed by atoms with Gasteiger partial charge in [0.1, 0.15) is 5.69 Å². The number of hydrogen-bond acceptors (Lipinski definition) is 5. The number of nitrogens with one attached hydrogen (secondary N) is 2. The van der Waals surface area contributed by atoms with Gasteiger partial charge in [0.25, 0.3) is 5.91 Å². The van der Waals surface area contributed by atoms with Crippen LogP contribution in [0.2, 0.25) is 0 Å². The van der Waals surface area contributed by atoms with Crippen molar-refractivity contribution in [3.05, 3.63) is 34.6 Å². The molecule has 2 aromatic rings. The maximum atomic E-state index is 12.2. The molecule has 0 fully saturated rings. The Balaban J connectivity index is 1.76. The third-order valence-corrected chi connectivity index (χ3v) is 4.42. The highest BCUT2D eigenvalue weighted by Gasteiger charge is 2.17. The lowest BCUT2D eigenvalue weighted by Crippen LogP contribution is -2.13. The molecule has 1 amide bonds. The molecule has 3 rings (SSSR count). The van der Waals surface area contributed by atoms with Crippen molar-refractivity contribution in [2.24, 2.45) is 0 Å².